The van der Waals surface area contributed by atoms with Gasteiger partial charge in [-0.25, -0.2) is 18.7 Å². The number of likely N-dealkylation sites (tertiary alicyclic amines) is 1. The molecule has 0 unspecified atom stereocenters. The van der Waals surface area contributed by atoms with Crippen LogP contribution in [0.5, 0.6) is 0 Å². The van der Waals surface area contributed by atoms with Gasteiger partial charge in [0.2, 0.25) is 0 Å². The van der Waals surface area contributed by atoms with Crippen LogP contribution in [0.15, 0.2) is 29.1 Å². The largest absolute Gasteiger partial charge is 0.465 e. The SMILES string of the molecule is O=C(O)N1CCC(c2cc(=O)n3[nH]c4cccc(F)c4c3n2)CC1. The fraction of sp³-hybridized carbons (Fsp3) is 0.312. The fourth-order valence-electron chi connectivity index (χ4n) is 3.32. The molecule has 3 heterocycles. The second-order valence-corrected chi connectivity index (χ2v) is 6.00. The van der Waals surface area contributed by atoms with Crippen LogP contribution in [0.2, 0.25) is 0 Å². The van der Waals surface area contributed by atoms with Crippen molar-refractivity contribution in [1.82, 2.24) is 19.5 Å². The van der Waals surface area contributed by atoms with E-state index >= 15 is 0 Å². The Morgan fingerprint density at radius 2 is 2.08 bits per heavy atom. The van der Waals surface area contributed by atoms with Crippen LogP contribution in [-0.4, -0.2) is 43.8 Å². The van der Waals surface area contributed by atoms with Gasteiger partial charge in [0.05, 0.1) is 16.6 Å². The van der Waals surface area contributed by atoms with Crippen LogP contribution < -0.4 is 5.56 Å². The Hall–Kier alpha value is -2.90. The van der Waals surface area contributed by atoms with Crippen molar-refractivity contribution >= 4 is 22.6 Å². The minimum Gasteiger partial charge on any atom is -0.465 e. The molecule has 0 bridgehead atoms. The Kier molecular flexibility index (Phi) is 3.26. The number of nitrogens with one attached hydrogen (secondary N) is 1. The Bertz CT molecular complexity index is 1000. The molecule has 0 radical (unpaired) electrons. The first-order valence-corrected chi connectivity index (χ1v) is 7.72. The molecule has 8 heteroatoms. The molecule has 3 aromatic rings. The number of piperidine rings is 1. The highest BCUT2D eigenvalue weighted by Crippen LogP contribution is 2.28. The number of H-pyrrole nitrogens is 1. The molecule has 24 heavy (non-hydrogen) atoms. The van der Waals surface area contributed by atoms with Crippen LogP contribution in [0.4, 0.5) is 9.18 Å². The van der Waals surface area contributed by atoms with Crippen LogP contribution in [0.25, 0.3) is 16.6 Å². The second-order valence-electron chi connectivity index (χ2n) is 6.00. The van der Waals surface area contributed by atoms with Gasteiger partial charge in [0, 0.05) is 25.1 Å². The number of nitrogens with zero attached hydrogens (tertiary/aromatic N) is 3. The van der Waals surface area contributed by atoms with Crippen LogP contribution in [0.3, 0.4) is 0 Å². The number of amides is 1. The smallest absolute Gasteiger partial charge is 0.407 e. The minimum absolute atomic E-state index is 0.00461. The summed E-state index contributed by atoms with van der Waals surface area (Å²) in [4.78, 5) is 29.2. The number of benzene rings is 1. The number of carbonyl (C=O) groups is 1. The van der Waals surface area contributed by atoms with Gasteiger partial charge >= 0.3 is 6.09 Å². The maximum atomic E-state index is 14.1. The Labute approximate surface area is 135 Å². The lowest BCUT2D eigenvalue weighted by molar-refractivity contribution is 0.131. The zero-order chi connectivity index (χ0) is 16.8. The summed E-state index contributed by atoms with van der Waals surface area (Å²) in [5.74, 6) is -0.439. The number of aromatic amines is 1. The minimum atomic E-state index is -0.935. The summed E-state index contributed by atoms with van der Waals surface area (Å²) in [5.41, 5.74) is 1.07. The highest BCUT2D eigenvalue weighted by Gasteiger charge is 2.25. The molecule has 0 aliphatic carbocycles. The molecule has 7 nitrogen and oxygen atoms in total. The maximum absolute atomic E-state index is 14.1. The molecule has 0 spiro atoms. The number of rotatable bonds is 1. The number of halogens is 1. The van der Waals surface area contributed by atoms with Crippen molar-refractivity contribution in [3.05, 3.63) is 46.1 Å². The fourth-order valence-corrected chi connectivity index (χ4v) is 3.32. The predicted octanol–water partition coefficient (Wildman–Crippen LogP) is 2.17. The van der Waals surface area contributed by atoms with Crippen molar-refractivity contribution < 1.29 is 14.3 Å². The first-order valence-electron chi connectivity index (χ1n) is 7.72. The number of carboxylic acid groups (broad SMARTS) is 1. The third-order valence-corrected chi connectivity index (χ3v) is 4.59. The molecule has 1 fully saturated rings. The van der Waals surface area contributed by atoms with Crippen LogP contribution in [-0.2, 0) is 0 Å². The average Bonchev–Trinajstić information content (AvgIpc) is 2.95. The van der Waals surface area contributed by atoms with E-state index in [1.807, 2.05) is 0 Å². The van der Waals surface area contributed by atoms with Crippen molar-refractivity contribution in [3.8, 4) is 0 Å². The van der Waals surface area contributed by atoms with Gasteiger partial charge in [0.15, 0.2) is 5.65 Å². The van der Waals surface area contributed by atoms with E-state index in [1.165, 1.54) is 21.5 Å². The van der Waals surface area contributed by atoms with E-state index in [4.69, 9.17) is 5.11 Å². The predicted molar refractivity (Wildman–Crippen MR) is 84.8 cm³/mol. The van der Waals surface area contributed by atoms with Crippen molar-refractivity contribution in [2.45, 2.75) is 18.8 Å². The zero-order valence-corrected chi connectivity index (χ0v) is 12.7. The first kappa shape index (κ1) is 14.7. The summed E-state index contributed by atoms with van der Waals surface area (Å²) in [7, 11) is 0. The van der Waals surface area contributed by atoms with Crippen molar-refractivity contribution in [2.75, 3.05) is 13.1 Å². The Balaban J connectivity index is 1.79. The monoisotopic (exact) mass is 330 g/mol. The number of fused-ring (bicyclic) bond motifs is 3. The van der Waals surface area contributed by atoms with Crippen molar-refractivity contribution in [3.63, 3.8) is 0 Å². The van der Waals surface area contributed by atoms with Crippen LogP contribution in [0.1, 0.15) is 24.5 Å². The number of hydrogen-bond donors (Lipinski definition) is 2. The zero-order valence-electron chi connectivity index (χ0n) is 12.7. The van der Waals surface area contributed by atoms with Crippen molar-refractivity contribution in [2.24, 2.45) is 0 Å². The lowest BCUT2D eigenvalue weighted by Gasteiger charge is -2.29. The van der Waals surface area contributed by atoms with Gasteiger partial charge in [-0.2, -0.15) is 0 Å². The van der Waals surface area contributed by atoms with Gasteiger partial charge in [-0.05, 0) is 25.0 Å². The molecular formula is C16H15FN4O3. The van der Waals surface area contributed by atoms with E-state index in [1.54, 1.807) is 12.1 Å². The molecule has 0 saturated carbocycles. The highest BCUT2D eigenvalue weighted by molar-refractivity contribution is 5.92. The molecule has 1 saturated heterocycles. The van der Waals surface area contributed by atoms with Gasteiger partial charge in [-0.15, -0.1) is 0 Å². The van der Waals surface area contributed by atoms with Crippen molar-refractivity contribution in [1.29, 1.82) is 0 Å². The summed E-state index contributed by atoms with van der Waals surface area (Å²) in [6, 6.07) is 6.04. The molecule has 0 atom stereocenters. The lowest BCUT2D eigenvalue weighted by Crippen LogP contribution is -2.37. The quantitative estimate of drug-likeness (QED) is 0.715. The summed E-state index contributed by atoms with van der Waals surface area (Å²) >= 11 is 0. The Morgan fingerprint density at radius 3 is 2.79 bits per heavy atom. The maximum Gasteiger partial charge on any atom is 0.407 e. The molecule has 2 aromatic heterocycles. The van der Waals surface area contributed by atoms with Gasteiger partial charge in [-0.1, -0.05) is 6.07 Å². The summed E-state index contributed by atoms with van der Waals surface area (Å²) in [6.07, 6.45) is 0.259. The van der Waals surface area contributed by atoms with Crippen LogP contribution in [0, 0.1) is 5.82 Å². The third-order valence-electron chi connectivity index (χ3n) is 4.59. The normalized spacial score (nSPS) is 16.1. The van der Waals surface area contributed by atoms with E-state index in [0.29, 0.717) is 42.5 Å². The van der Waals surface area contributed by atoms with Gasteiger partial charge in [0.1, 0.15) is 5.82 Å². The number of aromatic nitrogens is 3. The van der Waals surface area contributed by atoms with E-state index < -0.39 is 11.9 Å². The van der Waals surface area contributed by atoms with E-state index in [9.17, 15) is 14.0 Å². The van der Waals surface area contributed by atoms with Gasteiger partial charge in [0.25, 0.3) is 5.56 Å². The second kappa shape index (κ2) is 5.33. The molecular weight excluding hydrogens is 315 g/mol. The lowest BCUT2D eigenvalue weighted by atomic mass is 9.93. The molecule has 1 aromatic carbocycles. The Morgan fingerprint density at radius 1 is 1.33 bits per heavy atom. The number of hydrogen-bond acceptors (Lipinski definition) is 3. The highest BCUT2D eigenvalue weighted by atomic mass is 19.1. The molecule has 4 rings (SSSR count). The third kappa shape index (κ3) is 2.22. The van der Waals surface area contributed by atoms with Gasteiger partial charge in [-0.3, -0.25) is 9.89 Å². The average molecular weight is 330 g/mol. The van der Waals surface area contributed by atoms with E-state index in [-0.39, 0.29) is 17.1 Å². The summed E-state index contributed by atoms with van der Waals surface area (Å²) in [6.45, 7) is 0.812. The van der Waals surface area contributed by atoms with E-state index in [0.717, 1.165) is 0 Å². The summed E-state index contributed by atoms with van der Waals surface area (Å²) in [5, 5.41) is 12.2. The molecule has 1 aliphatic rings. The molecule has 2 N–H and O–H groups in total. The molecule has 1 amide bonds. The summed E-state index contributed by atoms with van der Waals surface area (Å²) < 4.78 is 15.4. The topological polar surface area (TPSA) is 90.7 Å². The van der Waals surface area contributed by atoms with Gasteiger partial charge < -0.3 is 10.0 Å². The van der Waals surface area contributed by atoms with E-state index in [2.05, 4.69) is 10.1 Å². The molecule has 124 valence electrons. The molecule has 1 aliphatic heterocycles. The first-order chi connectivity index (χ1) is 11.5. The standard InChI is InChI=1S/C16H15FN4O3/c17-10-2-1-3-11-14(10)15-18-12(8-13(22)21(15)19-11)9-4-6-20(7-5-9)16(23)24/h1-3,8-9,19H,4-7H2,(H,23,24). The van der Waals surface area contributed by atoms with Crippen LogP contribution >= 0.6 is 0 Å².